The highest BCUT2D eigenvalue weighted by molar-refractivity contribution is 5.70. The average Bonchev–Trinajstić information content (AvgIpc) is 3.05. The summed E-state index contributed by atoms with van der Waals surface area (Å²) >= 11 is 0. The van der Waals surface area contributed by atoms with Crippen LogP contribution in [0.25, 0.3) is 0 Å². The van der Waals surface area contributed by atoms with Crippen molar-refractivity contribution in [3.63, 3.8) is 0 Å². The molecule has 0 aliphatic rings. The van der Waals surface area contributed by atoms with E-state index in [9.17, 15) is 9.59 Å². The molecule has 0 rings (SSSR count). The molecule has 0 aliphatic heterocycles. The number of rotatable bonds is 38. The fourth-order valence-electron chi connectivity index (χ4n) is 6.04. The Labute approximate surface area is 287 Å². The SMILES string of the molecule is CCCCCCCCCCCCCCCCCCCC(=O)OCC(COCCCCCCCCCC)OC(=O)CCCCCCC. The van der Waals surface area contributed by atoms with Crippen molar-refractivity contribution in [2.45, 2.75) is 232 Å². The Kier molecular flexibility index (Phi) is 37.4. The van der Waals surface area contributed by atoms with Crippen LogP contribution in [-0.2, 0) is 23.8 Å². The van der Waals surface area contributed by atoms with Crippen LogP contribution in [0.4, 0.5) is 0 Å². The summed E-state index contributed by atoms with van der Waals surface area (Å²) in [4.78, 5) is 24.8. The lowest BCUT2D eigenvalue weighted by molar-refractivity contribution is -0.163. The second-order valence-electron chi connectivity index (χ2n) is 13.9. The fourth-order valence-corrected chi connectivity index (χ4v) is 6.04. The highest BCUT2D eigenvalue weighted by Gasteiger charge is 2.17. The zero-order valence-electron chi connectivity index (χ0n) is 31.4. The summed E-state index contributed by atoms with van der Waals surface area (Å²) in [6.45, 7) is 7.77. The van der Waals surface area contributed by atoms with Crippen LogP contribution in [0.5, 0.6) is 0 Å². The molecule has 5 nitrogen and oxygen atoms in total. The monoisotopic (exact) mass is 653 g/mol. The van der Waals surface area contributed by atoms with Gasteiger partial charge in [-0.25, -0.2) is 0 Å². The molecule has 5 heteroatoms. The van der Waals surface area contributed by atoms with Gasteiger partial charge in [0.15, 0.2) is 6.10 Å². The molecule has 0 heterocycles. The van der Waals surface area contributed by atoms with Gasteiger partial charge in [0.05, 0.1) is 6.61 Å². The van der Waals surface area contributed by atoms with Crippen LogP contribution in [-0.4, -0.2) is 37.9 Å². The van der Waals surface area contributed by atoms with Crippen molar-refractivity contribution in [1.82, 2.24) is 0 Å². The first kappa shape index (κ1) is 44.9. The Balaban J connectivity index is 3.95. The van der Waals surface area contributed by atoms with Gasteiger partial charge in [-0.15, -0.1) is 0 Å². The van der Waals surface area contributed by atoms with Crippen LogP contribution in [0.15, 0.2) is 0 Å². The summed E-state index contributed by atoms with van der Waals surface area (Å²) in [6.07, 6.45) is 38.4. The molecule has 0 aliphatic carbocycles. The first-order valence-corrected chi connectivity index (χ1v) is 20.6. The van der Waals surface area contributed by atoms with E-state index in [2.05, 4.69) is 20.8 Å². The Morgan fingerprint density at radius 2 is 0.717 bits per heavy atom. The second-order valence-corrected chi connectivity index (χ2v) is 13.9. The first-order chi connectivity index (χ1) is 22.6. The van der Waals surface area contributed by atoms with Crippen molar-refractivity contribution in [3.8, 4) is 0 Å². The van der Waals surface area contributed by atoms with Gasteiger partial charge in [0.1, 0.15) is 6.61 Å². The number of carbonyl (C=O) groups is 2. The van der Waals surface area contributed by atoms with Crippen LogP contribution in [0.3, 0.4) is 0 Å². The Morgan fingerprint density at radius 3 is 1.11 bits per heavy atom. The smallest absolute Gasteiger partial charge is 0.306 e. The van der Waals surface area contributed by atoms with E-state index in [1.165, 1.54) is 154 Å². The van der Waals surface area contributed by atoms with Crippen LogP contribution in [0, 0.1) is 0 Å². The normalized spacial score (nSPS) is 12.0. The number of hydrogen-bond acceptors (Lipinski definition) is 5. The summed E-state index contributed by atoms with van der Waals surface area (Å²) in [5.41, 5.74) is 0. The molecule has 1 unspecified atom stereocenters. The summed E-state index contributed by atoms with van der Waals surface area (Å²) in [5, 5.41) is 0. The molecule has 0 aromatic heterocycles. The van der Waals surface area contributed by atoms with Gasteiger partial charge >= 0.3 is 11.9 Å². The van der Waals surface area contributed by atoms with E-state index in [1.807, 2.05) is 0 Å². The topological polar surface area (TPSA) is 61.8 Å². The summed E-state index contributed by atoms with van der Waals surface area (Å²) in [7, 11) is 0. The Morgan fingerprint density at radius 1 is 0.391 bits per heavy atom. The van der Waals surface area contributed by atoms with Gasteiger partial charge in [-0.2, -0.15) is 0 Å². The lowest BCUT2D eigenvalue weighted by Crippen LogP contribution is -2.30. The standard InChI is InChI=1S/C41H80O5/c1-4-7-10-13-15-17-18-19-20-21-22-23-24-25-26-29-31-34-40(42)45-38-39(46-41(43)35-32-28-12-9-6-3)37-44-36-33-30-27-16-14-11-8-5-2/h39H,4-38H2,1-3H3. The third kappa shape index (κ3) is 35.7. The molecule has 0 fully saturated rings. The van der Waals surface area contributed by atoms with Gasteiger partial charge in [-0.05, 0) is 19.3 Å². The Bertz CT molecular complexity index is 622. The molecule has 0 radical (unpaired) electrons. The molecule has 0 aromatic carbocycles. The van der Waals surface area contributed by atoms with Gasteiger partial charge in [0.25, 0.3) is 0 Å². The highest BCUT2D eigenvalue weighted by Crippen LogP contribution is 2.15. The molecule has 46 heavy (non-hydrogen) atoms. The molecule has 0 spiro atoms. The molecule has 0 N–H and O–H groups in total. The van der Waals surface area contributed by atoms with Crippen molar-refractivity contribution in [1.29, 1.82) is 0 Å². The Hall–Kier alpha value is -1.10. The molecule has 0 amide bonds. The lowest BCUT2D eigenvalue weighted by atomic mass is 10.0. The average molecular weight is 653 g/mol. The third-order valence-corrected chi connectivity index (χ3v) is 9.14. The first-order valence-electron chi connectivity index (χ1n) is 20.6. The van der Waals surface area contributed by atoms with Crippen LogP contribution in [0.1, 0.15) is 226 Å². The summed E-state index contributed by atoms with van der Waals surface area (Å²) in [6, 6.07) is 0. The third-order valence-electron chi connectivity index (χ3n) is 9.14. The van der Waals surface area contributed by atoms with Crippen molar-refractivity contribution in [3.05, 3.63) is 0 Å². The molecule has 0 saturated carbocycles. The van der Waals surface area contributed by atoms with Crippen molar-refractivity contribution in [2.24, 2.45) is 0 Å². The molecule has 0 saturated heterocycles. The van der Waals surface area contributed by atoms with Crippen molar-refractivity contribution < 1.29 is 23.8 Å². The fraction of sp³-hybridized carbons (Fsp3) is 0.951. The van der Waals surface area contributed by atoms with Gasteiger partial charge in [0.2, 0.25) is 0 Å². The second kappa shape index (κ2) is 38.3. The van der Waals surface area contributed by atoms with E-state index in [-0.39, 0.29) is 18.5 Å². The molecular weight excluding hydrogens is 572 g/mol. The predicted molar refractivity (Wildman–Crippen MR) is 196 cm³/mol. The van der Waals surface area contributed by atoms with E-state index in [1.54, 1.807) is 0 Å². The van der Waals surface area contributed by atoms with Crippen LogP contribution in [0.2, 0.25) is 0 Å². The molecule has 0 aromatic rings. The maximum atomic E-state index is 12.4. The van der Waals surface area contributed by atoms with Gasteiger partial charge in [-0.1, -0.05) is 194 Å². The van der Waals surface area contributed by atoms with Crippen LogP contribution >= 0.6 is 0 Å². The van der Waals surface area contributed by atoms with E-state index in [4.69, 9.17) is 14.2 Å². The number of carbonyl (C=O) groups excluding carboxylic acids is 2. The number of ether oxygens (including phenoxy) is 3. The molecule has 1 atom stereocenters. The predicted octanol–water partition coefficient (Wildman–Crippen LogP) is 13.0. The molecule has 0 bridgehead atoms. The molecule has 274 valence electrons. The van der Waals surface area contributed by atoms with E-state index < -0.39 is 6.10 Å². The van der Waals surface area contributed by atoms with Crippen molar-refractivity contribution >= 4 is 11.9 Å². The maximum absolute atomic E-state index is 12.4. The quantitative estimate of drug-likeness (QED) is 0.0490. The van der Waals surface area contributed by atoms with E-state index >= 15 is 0 Å². The minimum atomic E-state index is -0.517. The largest absolute Gasteiger partial charge is 0.462 e. The zero-order chi connectivity index (χ0) is 33.6. The minimum absolute atomic E-state index is 0.0940. The number of esters is 2. The van der Waals surface area contributed by atoms with E-state index in [0.717, 1.165) is 38.5 Å². The minimum Gasteiger partial charge on any atom is -0.462 e. The van der Waals surface area contributed by atoms with Gasteiger partial charge < -0.3 is 14.2 Å². The van der Waals surface area contributed by atoms with Crippen LogP contribution < -0.4 is 0 Å². The number of hydrogen-bond donors (Lipinski definition) is 0. The summed E-state index contributed by atoms with van der Waals surface area (Å²) < 4.78 is 17.1. The summed E-state index contributed by atoms with van der Waals surface area (Å²) in [5.74, 6) is -0.397. The lowest BCUT2D eigenvalue weighted by Gasteiger charge is -2.18. The maximum Gasteiger partial charge on any atom is 0.306 e. The zero-order valence-corrected chi connectivity index (χ0v) is 31.4. The van der Waals surface area contributed by atoms with E-state index in [0.29, 0.717) is 26.1 Å². The van der Waals surface area contributed by atoms with Gasteiger partial charge in [-0.3, -0.25) is 9.59 Å². The highest BCUT2D eigenvalue weighted by atomic mass is 16.6. The van der Waals surface area contributed by atoms with Gasteiger partial charge in [0, 0.05) is 19.4 Å². The molecular formula is C41H80O5. The van der Waals surface area contributed by atoms with Crippen molar-refractivity contribution in [2.75, 3.05) is 19.8 Å². The number of unbranched alkanes of at least 4 members (excludes halogenated alkanes) is 27.